The molecule has 1 amide bonds. The number of carbonyl (C=O) groups excluding carboxylic acids is 1. The summed E-state index contributed by atoms with van der Waals surface area (Å²) in [5.41, 5.74) is -0.126. The van der Waals surface area contributed by atoms with Gasteiger partial charge in [-0.25, -0.2) is 0 Å². The molecular weight excluding hydrogens is 280 g/mol. The number of hydrogen-bond acceptors (Lipinski definition) is 6. The van der Waals surface area contributed by atoms with Gasteiger partial charge in [-0.05, 0) is 12.8 Å². The number of likely N-dealkylation sites (tertiary alicyclic amines) is 1. The molecule has 0 aromatic carbocycles. The molecule has 0 atom stereocenters. The molecule has 1 fully saturated rings. The topological polar surface area (TPSA) is 111 Å². The van der Waals surface area contributed by atoms with E-state index in [-0.39, 0.29) is 30.9 Å². The number of aliphatic hydroxyl groups excluding tert-OH is 1. The fourth-order valence-corrected chi connectivity index (χ4v) is 2.26. The first-order valence-corrected chi connectivity index (χ1v) is 6.77. The van der Waals surface area contributed by atoms with Crippen LogP contribution in [0, 0.1) is 10.1 Å². The smallest absolute Gasteiger partial charge is 0.307 e. The fraction of sp³-hybridized carbons (Fsp3) is 0.667. The third kappa shape index (κ3) is 4.23. The maximum Gasteiger partial charge on any atom is 0.307 e. The number of nitrogens with zero attached hydrogens (tertiary/aromatic N) is 4. The van der Waals surface area contributed by atoms with Gasteiger partial charge in [-0.1, -0.05) is 0 Å². The Kier molecular flexibility index (Phi) is 5.23. The van der Waals surface area contributed by atoms with Gasteiger partial charge in [0.05, 0.1) is 24.2 Å². The second-order valence-electron chi connectivity index (χ2n) is 4.83. The summed E-state index contributed by atoms with van der Waals surface area (Å²) in [7, 11) is 0. The van der Waals surface area contributed by atoms with Gasteiger partial charge in [0, 0.05) is 13.1 Å². The lowest BCUT2D eigenvalue weighted by molar-refractivity contribution is -0.385. The van der Waals surface area contributed by atoms with E-state index in [0.29, 0.717) is 19.7 Å². The van der Waals surface area contributed by atoms with E-state index in [2.05, 4.69) is 5.10 Å². The van der Waals surface area contributed by atoms with Crippen LogP contribution in [0.4, 0.5) is 5.69 Å². The summed E-state index contributed by atoms with van der Waals surface area (Å²) in [6, 6.07) is 0. The van der Waals surface area contributed by atoms with Crippen molar-refractivity contribution in [2.75, 3.05) is 26.3 Å². The molecule has 1 aliphatic rings. The van der Waals surface area contributed by atoms with Gasteiger partial charge in [-0.15, -0.1) is 0 Å². The second-order valence-corrected chi connectivity index (χ2v) is 4.83. The quantitative estimate of drug-likeness (QED) is 0.574. The number of amides is 1. The maximum absolute atomic E-state index is 12.1. The summed E-state index contributed by atoms with van der Waals surface area (Å²) in [6.07, 6.45) is 3.90. The van der Waals surface area contributed by atoms with E-state index in [1.807, 2.05) is 0 Å². The zero-order valence-electron chi connectivity index (χ0n) is 11.6. The first-order chi connectivity index (χ1) is 10.1. The molecular formula is C12H18N4O5. The van der Waals surface area contributed by atoms with Crippen molar-refractivity contribution < 1.29 is 19.6 Å². The Morgan fingerprint density at radius 3 is 2.81 bits per heavy atom. The number of rotatable bonds is 6. The van der Waals surface area contributed by atoms with Crippen molar-refractivity contribution in [1.82, 2.24) is 14.7 Å². The predicted octanol–water partition coefficient (Wildman–Crippen LogP) is -0.209. The Balaban J connectivity index is 1.80. The average Bonchev–Trinajstić information content (AvgIpc) is 2.94. The highest BCUT2D eigenvalue weighted by Crippen LogP contribution is 2.14. The normalized spacial score (nSPS) is 16.1. The lowest BCUT2D eigenvalue weighted by Crippen LogP contribution is -2.42. The third-order valence-electron chi connectivity index (χ3n) is 3.37. The van der Waals surface area contributed by atoms with Crippen molar-refractivity contribution in [3.05, 3.63) is 22.5 Å². The van der Waals surface area contributed by atoms with E-state index in [1.165, 1.54) is 10.9 Å². The molecule has 0 saturated carbocycles. The van der Waals surface area contributed by atoms with Crippen molar-refractivity contribution in [2.45, 2.75) is 25.5 Å². The molecule has 21 heavy (non-hydrogen) atoms. The molecule has 1 saturated heterocycles. The zero-order chi connectivity index (χ0) is 15.2. The maximum atomic E-state index is 12.1. The summed E-state index contributed by atoms with van der Waals surface area (Å²) in [5.74, 6) is -0.117. The highest BCUT2D eigenvalue weighted by atomic mass is 16.6. The largest absolute Gasteiger partial charge is 0.394 e. The lowest BCUT2D eigenvalue weighted by Gasteiger charge is -2.31. The number of piperidine rings is 1. The standard InChI is InChI=1S/C12H18N4O5/c17-5-6-21-11-1-3-14(4-2-11)12(18)9-15-8-10(7-13-15)16(19)20/h7-8,11,17H,1-6,9H2. The average molecular weight is 298 g/mol. The van der Waals surface area contributed by atoms with Crippen LogP contribution in [0.3, 0.4) is 0 Å². The molecule has 1 aromatic rings. The number of aliphatic hydroxyl groups is 1. The van der Waals surface area contributed by atoms with Gasteiger partial charge in [-0.2, -0.15) is 5.10 Å². The summed E-state index contributed by atoms with van der Waals surface area (Å²) in [5, 5.41) is 23.0. The molecule has 1 N–H and O–H groups in total. The van der Waals surface area contributed by atoms with Crippen LogP contribution in [-0.2, 0) is 16.1 Å². The van der Waals surface area contributed by atoms with Gasteiger partial charge in [0.25, 0.3) is 0 Å². The number of carbonyl (C=O) groups is 1. The highest BCUT2D eigenvalue weighted by Gasteiger charge is 2.23. The SMILES string of the molecule is O=C(Cn1cc([N+](=O)[O-])cn1)N1CCC(OCCO)CC1. The molecule has 0 bridgehead atoms. The van der Waals surface area contributed by atoms with E-state index < -0.39 is 4.92 Å². The van der Waals surface area contributed by atoms with E-state index in [1.54, 1.807) is 4.90 Å². The molecule has 116 valence electrons. The van der Waals surface area contributed by atoms with Crippen LogP contribution in [0.1, 0.15) is 12.8 Å². The van der Waals surface area contributed by atoms with Crippen molar-refractivity contribution in [3.8, 4) is 0 Å². The molecule has 0 aliphatic carbocycles. The molecule has 2 rings (SSSR count). The number of nitro groups is 1. The van der Waals surface area contributed by atoms with Gasteiger partial charge in [0.1, 0.15) is 18.9 Å². The Labute approximate surface area is 121 Å². The van der Waals surface area contributed by atoms with Crippen LogP contribution < -0.4 is 0 Å². The minimum atomic E-state index is -0.544. The monoisotopic (exact) mass is 298 g/mol. The van der Waals surface area contributed by atoms with E-state index in [4.69, 9.17) is 9.84 Å². The third-order valence-corrected chi connectivity index (χ3v) is 3.37. The second kappa shape index (κ2) is 7.14. The van der Waals surface area contributed by atoms with Crippen LogP contribution in [0.25, 0.3) is 0 Å². The zero-order valence-corrected chi connectivity index (χ0v) is 11.6. The first-order valence-electron chi connectivity index (χ1n) is 6.77. The molecule has 1 aromatic heterocycles. The van der Waals surface area contributed by atoms with Crippen LogP contribution in [0.15, 0.2) is 12.4 Å². The summed E-state index contributed by atoms with van der Waals surface area (Å²) < 4.78 is 6.70. The van der Waals surface area contributed by atoms with Crippen LogP contribution in [-0.4, -0.2) is 63.0 Å². The Hall–Kier alpha value is -2.00. The van der Waals surface area contributed by atoms with E-state index in [9.17, 15) is 14.9 Å². The van der Waals surface area contributed by atoms with Gasteiger partial charge >= 0.3 is 5.69 Å². The Morgan fingerprint density at radius 2 is 2.24 bits per heavy atom. The Bertz CT molecular complexity index is 496. The predicted molar refractivity (Wildman–Crippen MR) is 71.5 cm³/mol. The molecule has 0 spiro atoms. The number of hydrogen-bond donors (Lipinski definition) is 1. The van der Waals surface area contributed by atoms with Gasteiger partial charge in [-0.3, -0.25) is 19.6 Å². The minimum Gasteiger partial charge on any atom is -0.394 e. The summed E-state index contributed by atoms with van der Waals surface area (Å²) in [4.78, 5) is 23.8. The van der Waals surface area contributed by atoms with Crippen molar-refractivity contribution in [1.29, 1.82) is 0 Å². The Morgan fingerprint density at radius 1 is 1.52 bits per heavy atom. The number of ether oxygens (including phenoxy) is 1. The molecule has 2 heterocycles. The van der Waals surface area contributed by atoms with Crippen LogP contribution in [0.5, 0.6) is 0 Å². The van der Waals surface area contributed by atoms with Crippen LogP contribution >= 0.6 is 0 Å². The van der Waals surface area contributed by atoms with Gasteiger partial charge in [0.2, 0.25) is 5.91 Å². The van der Waals surface area contributed by atoms with Gasteiger partial charge in [0.15, 0.2) is 0 Å². The lowest BCUT2D eigenvalue weighted by atomic mass is 10.1. The molecule has 0 unspecified atom stereocenters. The highest BCUT2D eigenvalue weighted by molar-refractivity contribution is 5.76. The number of aromatic nitrogens is 2. The van der Waals surface area contributed by atoms with Crippen molar-refractivity contribution >= 4 is 11.6 Å². The van der Waals surface area contributed by atoms with E-state index in [0.717, 1.165) is 19.0 Å². The van der Waals surface area contributed by atoms with Crippen molar-refractivity contribution in [2.24, 2.45) is 0 Å². The van der Waals surface area contributed by atoms with Crippen LogP contribution in [0.2, 0.25) is 0 Å². The first kappa shape index (κ1) is 15.4. The van der Waals surface area contributed by atoms with Gasteiger partial charge < -0.3 is 14.7 Å². The fourth-order valence-electron chi connectivity index (χ4n) is 2.26. The summed E-state index contributed by atoms with van der Waals surface area (Å²) >= 11 is 0. The summed E-state index contributed by atoms with van der Waals surface area (Å²) in [6.45, 7) is 1.47. The van der Waals surface area contributed by atoms with E-state index >= 15 is 0 Å². The minimum absolute atomic E-state index is 0.00275. The molecule has 9 nitrogen and oxygen atoms in total. The molecule has 9 heteroatoms. The van der Waals surface area contributed by atoms with Crippen molar-refractivity contribution in [3.63, 3.8) is 0 Å². The molecule has 0 radical (unpaired) electrons. The molecule has 1 aliphatic heterocycles.